The smallest absolute Gasteiger partial charge is 0.317 e. The van der Waals surface area contributed by atoms with Crippen molar-refractivity contribution in [1.82, 2.24) is 15.5 Å². The van der Waals surface area contributed by atoms with Gasteiger partial charge in [-0.2, -0.15) is 0 Å². The van der Waals surface area contributed by atoms with Crippen LogP contribution in [0.4, 0.5) is 4.79 Å². The Morgan fingerprint density at radius 2 is 1.85 bits per heavy atom. The molecule has 2 N–H and O–H groups in total. The average Bonchev–Trinajstić information content (AvgIpc) is 2.44. The first-order valence-corrected chi connectivity index (χ1v) is 8.57. The summed E-state index contributed by atoms with van der Waals surface area (Å²) in [5.74, 6) is -0.968. The Kier molecular flexibility index (Phi) is 6.25. The van der Waals surface area contributed by atoms with E-state index in [-0.39, 0.29) is 6.03 Å². The van der Waals surface area contributed by atoms with E-state index in [4.69, 9.17) is 0 Å². The molecule has 1 fully saturated rings. The topological polar surface area (TPSA) is 95.6 Å². The van der Waals surface area contributed by atoms with Crippen LogP contribution in [0.3, 0.4) is 0 Å². The summed E-state index contributed by atoms with van der Waals surface area (Å²) in [4.78, 5) is 24.6. The molecule has 8 heteroatoms. The van der Waals surface area contributed by atoms with E-state index in [0.29, 0.717) is 32.5 Å². The molecule has 1 heterocycles. The fraction of sp³-hybridized carbons (Fsp3) is 0.833. The summed E-state index contributed by atoms with van der Waals surface area (Å²) in [5.41, 5.74) is 0. The second kappa shape index (κ2) is 7.47. The minimum atomic E-state index is -3.43. The maximum absolute atomic E-state index is 12.0. The highest BCUT2D eigenvalue weighted by Crippen LogP contribution is 2.18. The van der Waals surface area contributed by atoms with Gasteiger partial charge in [-0.15, -0.1) is 0 Å². The summed E-state index contributed by atoms with van der Waals surface area (Å²) < 4.78 is 24.0. The predicted octanol–water partition coefficient (Wildman–Crippen LogP) is -0.269. The van der Waals surface area contributed by atoms with Crippen molar-refractivity contribution >= 4 is 21.8 Å². The van der Waals surface area contributed by atoms with Crippen LogP contribution in [-0.2, 0) is 14.6 Å². The molecule has 0 atom stereocenters. The lowest BCUT2D eigenvalue weighted by molar-refractivity contribution is -0.118. The number of hydrogen-bond acceptors (Lipinski definition) is 4. The van der Waals surface area contributed by atoms with Gasteiger partial charge in [-0.05, 0) is 19.3 Å². The van der Waals surface area contributed by atoms with E-state index in [2.05, 4.69) is 10.6 Å². The van der Waals surface area contributed by atoms with Crippen LogP contribution >= 0.6 is 0 Å². The number of amides is 3. The van der Waals surface area contributed by atoms with Gasteiger partial charge in [0.2, 0.25) is 5.91 Å². The summed E-state index contributed by atoms with van der Waals surface area (Å²) in [6.07, 6.45) is 1.64. The first-order chi connectivity index (χ1) is 9.40. The summed E-state index contributed by atoms with van der Waals surface area (Å²) in [6, 6.07) is -0.144. The van der Waals surface area contributed by atoms with Crippen molar-refractivity contribution in [2.24, 2.45) is 0 Å². The Labute approximate surface area is 120 Å². The zero-order chi connectivity index (χ0) is 15.2. The second-order valence-corrected chi connectivity index (χ2v) is 7.18. The lowest BCUT2D eigenvalue weighted by atomic mass is 10.1. The zero-order valence-electron chi connectivity index (χ0n) is 12.0. The molecule has 0 radical (unpaired) electrons. The van der Waals surface area contributed by atoms with Gasteiger partial charge in [0.05, 0.1) is 5.25 Å². The van der Waals surface area contributed by atoms with Crippen LogP contribution < -0.4 is 10.6 Å². The lowest BCUT2D eigenvalue weighted by Gasteiger charge is -2.31. The Bertz CT molecular complexity index is 442. The van der Waals surface area contributed by atoms with E-state index >= 15 is 0 Å². The van der Waals surface area contributed by atoms with Gasteiger partial charge in [-0.25, -0.2) is 13.2 Å². The van der Waals surface area contributed by atoms with Crippen LogP contribution in [0, 0.1) is 0 Å². The van der Waals surface area contributed by atoms with E-state index < -0.39 is 26.7 Å². The molecular weight excluding hydrogens is 282 g/mol. The summed E-state index contributed by atoms with van der Waals surface area (Å²) in [7, 11) is -2.02. The maximum Gasteiger partial charge on any atom is 0.317 e. The predicted molar refractivity (Wildman–Crippen MR) is 76.1 cm³/mol. The normalized spacial score (nSPS) is 16.8. The lowest BCUT2D eigenvalue weighted by Crippen LogP contribution is -2.47. The van der Waals surface area contributed by atoms with Crippen molar-refractivity contribution in [1.29, 1.82) is 0 Å². The largest absolute Gasteiger partial charge is 0.358 e. The Morgan fingerprint density at radius 1 is 1.25 bits per heavy atom. The molecule has 0 spiro atoms. The van der Waals surface area contributed by atoms with Gasteiger partial charge in [0.1, 0.15) is 5.75 Å². The molecule has 1 rings (SSSR count). The number of nitrogens with one attached hydrogen (secondary N) is 2. The summed E-state index contributed by atoms with van der Waals surface area (Å²) in [6.45, 7) is 3.41. The molecule has 1 aliphatic heterocycles. The molecule has 3 amide bonds. The highest BCUT2D eigenvalue weighted by atomic mass is 32.2. The highest BCUT2D eigenvalue weighted by molar-refractivity contribution is 7.92. The first kappa shape index (κ1) is 16.7. The number of piperidine rings is 1. The molecule has 20 heavy (non-hydrogen) atoms. The van der Waals surface area contributed by atoms with Crippen molar-refractivity contribution in [3.8, 4) is 0 Å². The Morgan fingerprint density at radius 3 is 2.35 bits per heavy atom. The Hall–Kier alpha value is -1.31. The molecule has 0 aliphatic carbocycles. The summed E-state index contributed by atoms with van der Waals surface area (Å²) in [5, 5.41) is 4.56. The third kappa shape index (κ3) is 4.66. The van der Waals surface area contributed by atoms with Crippen molar-refractivity contribution in [2.75, 3.05) is 32.4 Å². The molecule has 1 saturated heterocycles. The third-order valence-electron chi connectivity index (χ3n) is 3.37. The van der Waals surface area contributed by atoms with Gasteiger partial charge in [0.25, 0.3) is 0 Å². The number of carbonyl (C=O) groups is 2. The fourth-order valence-electron chi connectivity index (χ4n) is 2.13. The van der Waals surface area contributed by atoms with Gasteiger partial charge < -0.3 is 15.5 Å². The molecule has 0 aromatic carbocycles. The molecule has 0 aromatic rings. The van der Waals surface area contributed by atoms with Gasteiger partial charge in [0.15, 0.2) is 9.84 Å². The fourth-order valence-corrected chi connectivity index (χ4v) is 3.81. The number of sulfone groups is 1. The monoisotopic (exact) mass is 305 g/mol. The highest BCUT2D eigenvalue weighted by Gasteiger charge is 2.32. The Balaban J connectivity index is 2.49. The minimum absolute atomic E-state index is 0.144. The van der Waals surface area contributed by atoms with E-state index in [1.54, 1.807) is 4.90 Å². The molecule has 0 aromatic heterocycles. The minimum Gasteiger partial charge on any atom is -0.358 e. The van der Waals surface area contributed by atoms with E-state index in [0.717, 1.165) is 6.42 Å². The van der Waals surface area contributed by atoms with Crippen LogP contribution in [0.25, 0.3) is 0 Å². The molecule has 1 aliphatic rings. The molecule has 7 nitrogen and oxygen atoms in total. The summed E-state index contributed by atoms with van der Waals surface area (Å²) >= 11 is 0. The van der Waals surface area contributed by atoms with Gasteiger partial charge >= 0.3 is 6.03 Å². The first-order valence-electron chi connectivity index (χ1n) is 6.85. The van der Waals surface area contributed by atoms with Crippen molar-refractivity contribution in [2.45, 2.75) is 31.4 Å². The maximum atomic E-state index is 12.0. The van der Waals surface area contributed by atoms with Gasteiger partial charge in [-0.3, -0.25) is 4.79 Å². The van der Waals surface area contributed by atoms with E-state index in [1.165, 1.54) is 7.05 Å². The molecule has 0 saturated carbocycles. The number of urea groups is 1. The average molecular weight is 305 g/mol. The standard InChI is InChI=1S/C12H23N3O4S/c1-3-6-14-12(17)15-7-4-10(5-8-15)20(18,19)9-11(16)13-2/h10H,3-9H2,1-2H3,(H,13,16)(H,14,17). The molecule has 0 bridgehead atoms. The zero-order valence-corrected chi connectivity index (χ0v) is 12.8. The SMILES string of the molecule is CCCNC(=O)N1CCC(S(=O)(=O)CC(=O)NC)CC1. The number of rotatable bonds is 5. The van der Waals surface area contributed by atoms with Crippen molar-refractivity contribution in [3.05, 3.63) is 0 Å². The molecule has 0 unspecified atom stereocenters. The van der Waals surface area contributed by atoms with Crippen LogP contribution in [0.1, 0.15) is 26.2 Å². The molecular formula is C12H23N3O4S. The van der Waals surface area contributed by atoms with Crippen molar-refractivity contribution in [3.63, 3.8) is 0 Å². The van der Waals surface area contributed by atoms with Crippen LogP contribution in [0.15, 0.2) is 0 Å². The van der Waals surface area contributed by atoms with Gasteiger partial charge in [0, 0.05) is 26.7 Å². The molecule has 116 valence electrons. The second-order valence-electron chi connectivity index (χ2n) is 4.90. The van der Waals surface area contributed by atoms with Crippen LogP contribution in [-0.4, -0.2) is 62.9 Å². The number of likely N-dealkylation sites (tertiary alicyclic amines) is 1. The number of carbonyl (C=O) groups excluding carboxylic acids is 2. The third-order valence-corrected chi connectivity index (χ3v) is 5.53. The number of nitrogens with zero attached hydrogens (tertiary/aromatic N) is 1. The number of hydrogen-bond donors (Lipinski definition) is 2. The quantitative estimate of drug-likeness (QED) is 0.731. The van der Waals surface area contributed by atoms with Crippen LogP contribution in [0.2, 0.25) is 0 Å². The van der Waals surface area contributed by atoms with Gasteiger partial charge in [-0.1, -0.05) is 6.92 Å². The van der Waals surface area contributed by atoms with E-state index in [1.807, 2.05) is 6.92 Å². The van der Waals surface area contributed by atoms with Crippen LogP contribution in [0.5, 0.6) is 0 Å². The van der Waals surface area contributed by atoms with Crippen molar-refractivity contribution < 1.29 is 18.0 Å². The van der Waals surface area contributed by atoms with E-state index in [9.17, 15) is 18.0 Å².